The van der Waals surface area contributed by atoms with Crippen LogP contribution in [-0.4, -0.2) is 54.3 Å². The molecule has 3 aromatic rings. The molecule has 11 heteroatoms. The molecule has 1 aromatic carbocycles. The molecule has 1 unspecified atom stereocenters. The van der Waals surface area contributed by atoms with Gasteiger partial charge in [0.05, 0.1) is 7.11 Å². The van der Waals surface area contributed by atoms with Crippen LogP contribution in [0.1, 0.15) is 40.6 Å². The van der Waals surface area contributed by atoms with Gasteiger partial charge < -0.3 is 19.4 Å². The normalized spacial score (nSPS) is 15.9. The van der Waals surface area contributed by atoms with E-state index in [-0.39, 0.29) is 24.8 Å². The molecular formula is C24H23N5O6. The van der Waals surface area contributed by atoms with Crippen LogP contribution in [0, 0.1) is 0 Å². The fourth-order valence-corrected chi connectivity index (χ4v) is 4.44. The van der Waals surface area contributed by atoms with Crippen LogP contribution < -0.4 is 20.3 Å². The molecule has 0 saturated carbocycles. The summed E-state index contributed by atoms with van der Waals surface area (Å²) in [5.41, 5.74) is 2.36. The van der Waals surface area contributed by atoms with Gasteiger partial charge in [-0.05, 0) is 36.2 Å². The number of carbonyl (C=O) groups is 4. The number of methoxy groups -OCH3 is 1. The minimum atomic E-state index is -0.763. The number of nitrogens with one attached hydrogen (secondary N) is 2. The molecule has 180 valence electrons. The number of pyridine rings is 1. The van der Waals surface area contributed by atoms with Crippen LogP contribution in [0.2, 0.25) is 0 Å². The number of ether oxygens (including phenoxy) is 1. The van der Waals surface area contributed by atoms with Crippen molar-refractivity contribution < 1.29 is 28.3 Å². The first kappa shape index (κ1) is 22.4. The van der Waals surface area contributed by atoms with Gasteiger partial charge in [0.15, 0.2) is 5.58 Å². The number of amides is 5. The largest absolute Gasteiger partial charge is 0.497 e. The van der Waals surface area contributed by atoms with Crippen LogP contribution >= 0.6 is 0 Å². The molecule has 11 nitrogen and oxygen atoms in total. The van der Waals surface area contributed by atoms with Gasteiger partial charge in [-0.15, -0.1) is 0 Å². The second-order valence-corrected chi connectivity index (χ2v) is 8.35. The van der Waals surface area contributed by atoms with E-state index in [9.17, 15) is 19.2 Å². The van der Waals surface area contributed by atoms with Gasteiger partial charge in [-0.1, -0.05) is 6.07 Å². The third kappa shape index (κ3) is 4.27. The predicted molar refractivity (Wildman–Crippen MR) is 124 cm³/mol. The molecule has 2 aromatic heterocycles. The molecule has 4 heterocycles. The van der Waals surface area contributed by atoms with E-state index >= 15 is 0 Å². The molecule has 1 saturated heterocycles. The lowest BCUT2D eigenvalue weighted by molar-refractivity contribution is -0.117. The molecule has 1 atom stereocenters. The second kappa shape index (κ2) is 9.09. The van der Waals surface area contributed by atoms with Crippen LogP contribution in [0.4, 0.5) is 10.6 Å². The van der Waals surface area contributed by atoms with Gasteiger partial charge in [0.25, 0.3) is 5.91 Å². The number of furan rings is 1. The maximum Gasteiger partial charge on any atom is 0.321 e. The van der Waals surface area contributed by atoms with E-state index in [1.54, 1.807) is 40.1 Å². The van der Waals surface area contributed by atoms with E-state index in [2.05, 4.69) is 10.3 Å². The fraction of sp³-hybridized carbons (Fsp3) is 0.292. The van der Waals surface area contributed by atoms with Crippen molar-refractivity contribution >= 4 is 41.2 Å². The number of hydrogen-bond donors (Lipinski definition) is 2. The Morgan fingerprint density at radius 1 is 1.26 bits per heavy atom. The fourth-order valence-electron chi connectivity index (χ4n) is 4.44. The zero-order chi connectivity index (χ0) is 24.5. The Balaban J connectivity index is 1.43. The summed E-state index contributed by atoms with van der Waals surface area (Å²) in [7, 11) is 1.53. The standard InChI is InChI=1S/C24H23N5O6/c1-34-15-5-4-14-11-28(23(32)16(14)9-15)12-18(27-24(33)25-13-30)20-10-17-19(35-20)6-7-21(26-17)29-8-2-3-22(29)31/h4-7,9-10,13,18H,2-3,8,11-12H2,1H3,(H2,25,27,30,33). The SMILES string of the molecule is COc1ccc2c(c1)C(=O)N(CC(NC(=O)NC=O)c1cc3nc(N4CCCC4=O)ccc3o1)C2. The molecular weight excluding hydrogens is 454 g/mol. The molecule has 0 aliphatic carbocycles. The highest BCUT2D eigenvalue weighted by Gasteiger charge is 2.32. The molecule has 1 fully saturated rings. The number of anilines is 1. The van der Waals surface area contributed by atoms with Crippen LogP contribution in [0.15, 0.2) is 40.8 Å². The number of imide groups is 1. The summed E-state index contributed by atoms with van der Waals surface area (Å²) < 4.78 is 11.2. The quantitative estimate of drug-likeness (QED) is 0.498. The average molecular weight is 477 g/mol. The summed E-state index contributed by atoms with van der Waals surface area (Å²) in [6.45, 7) is 1.06. The number of urea groups is 1. The number of rotatable bonds is 7. The third-order valence-corrected chi connectivity index (χ3v) is 6.17. The first-order valence-electron chi connectivity index (χ1n) is 11.1. The van der Waals surface area contributed by atoms with Crippen molar-refractivity contribution in [1.82, 2.24) is 20.5 Å². The van der Waals surface area contributed by atoms with E-state index < -0.39 is 12.1 Å². The van der Waals surface area contributed by atoms with Crippen LogP contribution in [0.25, 0.3) is 11.1 Å². The van der Waals surface area contributed by atoms with Gasteiger partial charge in [-0.2, -0.15) is 0 Å². The zero-order valence-electron chi connectivity index (χ0n) is 18.9. The van der Waals surface area contributed by atoms with E-state index in [1.165, 1.54) is 7.11 Å². The molecule has 5 amide bonds. The Morgan fingerprint density at radius 3 is 2.86 bits per heavy atom. The Kier molecular flexibility index (Phi) is 5.81. The lowest BCUT2D eigenvalue weighted by atomic mass is 10.1. The molecule has 2 N–H and O–H groups in total. The molecule has 2 aliphatic rings. The highest BCUT2D eigenvalue weighted by molar-refractivity contribution is 5.99. The highest BCUT2D eigenvalue weighted by atomic mass is 16.5. The molecule has 0 spiro atoms. The number of nitrogens with zero attached hydrogens (tertiary/aromatic N) is 3. The number of fused-ring (bicyclic) bond motifs is 2. The van der Waals surface area contributed by atoms with E-state index in [4.69, 9.17) is 9.15 Å². The number of carbonyl (C=O) groups excluding carboxylic acids is 4. The average Bonchev–Trinajstić information content (AvgIpc) is 3.55. The summed E-state index contributed by atoms with van der Waals surface area (Å²) in [6, 6.07) is 8.92. The molecule has 35 heavy (non-hydrogen) atoms. The predicted octanol–water partition coefficient (Wildman–Crippen LogP) is 2.12. The van der Waals surface area contributed by atoms with Crippen molar-refractivity contribution in [2.75, 3.05) is 25.1 Å². The highest BCUT2D eigenvalue weighted by Crippen LogP contribution is 2.31. The second-order valence-electron chi connectivity index (χ2n) is 8.35. The number of hydrogen-bond acceptors (Lipinski definition) is 7. The Labute approximate surface area is 200 Å². The van der Waals surface area contributed by atoms with Crippen LogP contribution in [0.3, 0.4) is 0 Å². The van der Waals surface area contributed by atoms with Crippen molar-refractivity contribution in [1.29, 1.82) is 0 Å². The van der Waals surface area contributed by atoms with Crippen LogP contribution in [0.5, 0.6) is 5.75 Å². The van der Waals surface area contributed by atoms with Crippen molar-refractivity contribution in [3.63, 3.8) is 0 Å². The Bertz CT molecular complexity index is 1340. The van der Waals surface area contributed by atoms with Gasteiger partial charge in [-0.3, -0.25) is 24.6 Å². The van der Waals surface area contributed by atoms with E-state index in [1.807, 2.05) is 11.4 Å². The van der Waals surface area contributed by atoms with Crippen molar-refractivity contribution in [3.05, 3.63) is 53.3 Å². The van der Waals surface area contributed by atoms with Gasteiger partial charge in [0.1, 0.15) is 28.9 Å². The summed E-state index contributed by atoms with van der Waals surface area (Å²) in [4.78, 5) is 55.9. The first-order chi connectivity index (χ1) is 17.0. The van der Waals surface area contributed by atoms with Crippen LogP contribution in [-0.2, 0) is 16.1 Å². The minimum Gasteiger partial charge on any atom is -0.497 e. The summed E-state index contributed by atoms with van der Waals surface area (Å²) in [5, 5.41) is 4.73. The van der Waals surface area contributed by atoms with Gasteiger partial charge >= 0.3 is 6.03 Å². The lowest BCUT2D eigenvalue weighted by Gasteiger charge is -2.23. The van der Waals surface area contributed by atoms with Crippen molar-refractivity contribution in [3.8, 4) is 5.75 Å². The molecule has 0 radical (unpaired) electrons. The monoisotopic (exact) mass is 477 g/mol. The maximum atomic E-state index is 13.0. The number of aromatic nitrogens is 1. The van der Waals surface area contributed by atoms with Gasteiger partial charge in [-0.25, -0.2) is 9.78 Å². The summed E-state index contributed by atoms with van der Waals surface area (Å²) in [6.07, 6.45) is 1.55. The van der Waals surface area contributed by atoms with Crippen molar-refractivity contribution in [2.24, 2.45) is 0 Å². The molecule has 0 bridgehead atoms. The zero-order valence-corrected chi connectivity index (χ0v) is 18.9. The Hall–Kier alpha value is -4.41. The summed E-state index contributed by atoms with van der Waals surface area (Å²) in [5.74, 6) is 1.30. The lowest BCUT2D eigenvalue weighted by Crippen LogP contribution is -2.42. The third-order valence-electron chi connectivity index (χ3n) is 6.17. The smallest absolute Gasteiger partial charge is 0.321 e. The first-order valence-corrected chi connectivity index (χ1v) is 11.1. The summed E-state index contributed by atoms with van der Waals surface area (Å²) >= 11 is 0. The van der Waals surface area contributed by atoms with E-state index in [0.29, 0.717) is 53.5 Å². The Morgan fingerprint density at radius 2 is 2.11 bits per heavy atom. The minimum absolute atomic E-state index is 0.0226. The number of benzene rings is 1. The topological polar surface area (TPSA) is 134 Å². The van der Waals surface area contributed by atoms with E-state index in [0.717, 1.165) is 12.0 Å². The van der Waals surface area contributed by atoms with Gasteiger partial charge in [0.2, 0.25) is 12.3 Å². The molecule has 5 rings (SSSR count). The maximum absolute atomic E-state index is 13.0. The molecule has 2 aliphatic heterocycles. The van der Waals surface area contributed by atoms with Crippen molar-refractivity contribution in [2.45, 2.75) is 25.4 Å². The van der Waals surface area contributed by atoms with Gasteiger partial charge in [0, 0.05) is 37.7 Å².